The summed E-state index contributed by atoms with van der Waals surface area (Å²) in [6, 6.07) is 7.38. The fourth-order valence-corrected chi connectivity index (χ4v) is 1.72. The molecular weight excluding hydrogens is 289 g/mol. The van der Waals surface area contributed by atoms with E-state index in [2.05, 4.69) is 0 Å². The molecule has 0 N–H and O–H groups in total. The van der Waals surface area contributed by atoms with E-state index in [0.717, 1.165) is 12.1 Å². The molecule has 0 bridgehead atoms. The molecule has 2 aromatic rings. The number of hydrogen-bond acceptors (Lipinski definition) is 4. The van der Waals surface area contributed by atoms with E-state index < -0.39 is 10.7 Å². The lowest BCUT2D eigenvalue weighted by Gasteiger charge is -2.09. The molecule has 0 aromatic heterocycles. The van der Waals surface area contributed by atoms with Gasteiger partial charge in [0, 0.05) is 17.2 Å². The fourth-order valence-electron chi connectivity index (χ4n) is 1.56. The minimum atomic E-state index is -0.802. The Morgan fingerprint density at radius 2 is 2.05 bits per heavy atom. The molecule has 5 nitrogen and oxygen atoms in total. The molecule has 0 aliphatic rings. The van der Waals surface area contributed by atoms with Gasteiger partial charge in [-0.25, -0.2) is 4.39 Å². The first-order valence-electron chi connectivity index (χ1n) is 5.38. The monoisotopic (exact) mass is 295 g/mol. The molecule has 0 saturated heterocycles. The third-order valence-electron chi connectivity index (χ3n) is 2.45. The third kappa shape index (κ3) is 2.75. The number of para-hydroxylation sites is 1. The van der Waals surface area contributed by atoms with Crippen molar-refractivity contribution < 1.29 is 18.8 Å². The highest BCUT2D eigenvalue weighted by Gasteiger charge is 2.19. The van der Waals surface area contributed by atoms with Crippen LogP contribution in [0.5, 0.6) is 11.5 Å². The number of nitrogens with zero attached hydrogens (tertiary/aromatic N) is 1. The summed E-state index contributed by atoms with van der Waals surface area (Å²) in [5.74, 6) is -1.42. The van der Waals surface area contributed by atoms with Crippen LogP contribution in [0.25, 0.3) is 0 Å². The molecule has 0 saturated carbocycles. The summed E-state index contributed by atoms with van der Waals surface area (Å²) in [6.07, 6.45) is 0.398. The second-order valence-electron chi connectivity index (χ2n) is 3.75. The summed E-state index contributed by atoms with van der Waals surface area (Å²) in [6.45, 7) is 0. The van der Waals surface area contributed by atoms with Gasteiger partial charge in [-0.15, -0.1) is 0 Å². The Morgan fingerprint density at radius 3 is 2.70 bits per heavy atom. The van der Waals surface area contributed by atoms with Crippen LogP contribution < -0.4 is 4.74 Å². The van der Waals surface area contributed by atoms with Crippen molar-refractivity contribution in [1.82, 2.24) is 0 Å². The van der Waals surface area contributed by atoms with E-state index in [1.54, 1.807) is 0 Å². The minimum Gasteiger partial charge on any atom is -0.446 e. The predicted molar refractivity (Wildman–Crippen MR) is 70.0 cm³/mol. The fraction of sp³-hybridized carbons (Fsp3) is 0. The van der Waals surface area contributed by atoms with Gasteiger partial charge in [0.2, 0.25) is 5.75 Å². The summed E-state index contributed by atoms with van der Waals surface area (Å²) in [5.41, 5.74) is -0.436. The minimum absolute atomic E-state index is 0.0562. The van der Waals surface area contributed by atoms with Gasteiger partial charge in [-0.3, -0.25) is 14.9 Å². The number of nitro benzene ring substituents is 1. The maximum Gasteiger partial charge on any atom is 0.311 e. The van der Waals surface area contributed by atoms with E-state index in [1.165, 1.54) is 24.3 Å². The van der Waals surface area contributed by atoms with Gasteiger partial charge >= 0.3 is 5.69 Å². The van der Waals surface area contributed by atoms with Gasteiger partial charge < -0.3 is 4.74 Å². The number of carbonyl (C=O) groups excluding carboxylic acids is 1. The molecule has 0 spiro atoms. The molecule has 7 heteroatoms. The Balaban J connectivity index is 2.52. The van der Waals surface area contributed by atoms with E-state index in [4.69, 9.17) is 16.3 Å². The van der Waals surface area contributed by atoms with Crippen molar-refractivity contribution in [2.75, 3.05) is 0 Å². The average Bonchev–Trinajstić information content (AvgIpc) is 2.40. The van der Waals surface area contributed by atoms with Gasteiger partial charge in [0.1, 0.15) is 0 Å². The quantitative estimate of drug-likeness (QED) is 0.486. The molecule has 0 amide bonds. The van der Waals surface area contributed by atoms with Crippen molar-refractivity contribution in [2.24, 2.45) is 0 Å². The van der Waals surface area contributed by atoms with Crippen molar-refractivity contribution in [3.05, 3.63) is 62.9 Å². The lowest BCUT2D eigenvalue weighted by Crippen LogP contribution is -1.97. The molecule has 0 fully saturated rings. The predicted octanol–water partition coefficient (Wildman–Crippen LogP) is 3.99. The maximum absolute atomic E-state index is 13.7. The lowest BCUT2D eigenvalue weighted by atomic mass is 10.2. The van der Waals surface area contributed by atoms with Crippen molar-refractivity contribution in [2.45, 2.75) is 0 Å². The largest absolute Gasteiger partial charge is 0.446 e. The van der Waals surface area contributed by atoms with Crippen LogP contribution in [0.4, 0.5) is 10.1 Å². The first kappa shape index (κ1) is 14.0. The van der Waals surface area contributed by atoms with Crippen LogP contribution >= 0.6 is 11.6 Å². The van der Waals surface area contributed by atoms with Crippen LogP contribution in [-0.4, -0.2) is 11.2 Å². The van der Waals surface area contributed by atoms with Gasteiger partial charge in [-0.1, -0.05) is 17.7 Å². The molecule has 0 unspecified atom stereocenters. The van der Waals surface area contributed by atoms with Gasteiger partial charge in [0.05, 0.1) is 10.5 Å². The van der Waals surface area contributed by atoms with Gasteiger partial charge in [-0.2, -0.15) is 0 Å². The van der Waals surface area contributed by atoms with Crippen molar-refractivity contribution >= 4 is 23.6 Å². The standard InChI is InChI=1S/C13H7ClFNO4/c14-9-4-5-11(16(18)19)12(6-9)20-13-8(7-17)2-1-3-10(13)15/h1-7H. The van der Waals surface area contributed by atoms with Crippen molar-refractivity contribution in [3.63, 3.8) is 0 Å². The Morgan fingerprint density at radius 1 is 1.30 bits per heavy atom. The molecule has 2 aromatic carbocycles. The molecule has 0 aliphatic carbocycles. The second kappa shape index (κ2) is 5.66. The molecule has 0 aliphatic heterocycles. The first-order valence-corrected chi connectivity index (χ1v) is 5.76. The molecule has 0 atom stereocenters. The number of hydrogen-bond donors (Lipinski definition) is 0. The molecular formula is C13H7ClFNO4. The van der Waals surface area contributed by atoms with Gasteiger partial charge in [0.25, 0.3) is 0 Å². The highest BCUT2D eigenvalue weighted by molar-refractivity contribution is 6.30. The Hall–Kier alpha value is -2.47. The topological polar surface area (TPSA) is 69.4 Å². The van der Waals surface area contributed by atoms with Crippen LogP contribution in [0.3, 0.4) is 0 Å². The lowest BCUT2D eigenvalue weighted by molar-refractivity contribution is -0.385. The zero-order valence-corrected chi connectivity index (χ0v) is 10.6. The molecule has 0 heterocycles. The zero-order chi connectivity index (χ0) is 14.7. The van der Waals surface area contributed by atoms with Crippen molar-refractivity contribution in [3.8, 4) is 11.5 Å². The van der Waals surface area contributed by atoms with Crippen LogP contribution in [0.2, 0.25) is 5.02 Å². The zero-order valence-electron chi connectivity index (χ0n) is 9.88. The smallest absolute Gasteiger partial charge is 0.311 e. The molecule has 20 heavy (non-hydrogen) atoms. The Bertz CT molecular complexity index is 690. The van der Waals surface area contributed by atoms with Crippen LogP contribution in [0.1, 0.15) is 10.4 Å². The average molecular weight is 296 g/mol. The Kier molecular flexibility index (Phi) is 3.95. The van der Waals surface area contributed by atoms with Gasteiger partial charge in [0.15, 0.2) is 17.9 Å². The second-order valence-corrected chi connectivity index (χ2v) is 4.18. The van der Waals surface area contributed by atoms with E-state index in [9.17, 15) is 19.3 Å². The number of nitro groups is 1. The Labute approximate surface area is 117 Å². The van der Waals surface area contributed by atoms with E-state index in [-0.39, 0.29) is 27.8 Å². The summed E-state index contributed by atoms with van der Waals surface area (Å²) >= 11 is 5.74. The molecule has 2 rings (SSSR count). The van der Waals surface area contributed by atoms with Crippen LogP contribution in [0, 0.1) is 15.9 Å². The van der Waals surface area contributed by atoms with Crippen LogP contribution in [0.15, 0.2) is 36.4 Å². The van der Waals surface area contributed by atoms with E-state index in [0.29, 0.717) is 6.29 Å². The SMILES string of the molecule is O=Cc1cccc(F)c1Oc1cc(Cl)ccc1[N+](=O)[O-]. The number of carbonyl (C=O) groups is 1. The highest BCUT2D eigenvalue weighted by Crippen LogP contribution is 2.35. The van der Waals surface area contributed by atoms with E-state index in [1.807, 2.05) is 0 Å². The summed E-state index contributed by atoms with van der Waals surface area (Å²) in [7, 11) is 0. The van der Waals surface area contributed by atoms with Crippen molar-refractivity contribution in [1.29, 1.82) is 0 Å². The maximum atomic E-state index is 13.7. The third-order valence-corrected chi connectivity index (χ3v) is 2.69. The highest BCUT2D eigenvalue weighted by atomic mass is 35.5. The van der Waals surface area contributed by atoms with Crippen LogP contribution in [-0.2, 0) is 0 Å². The van der Waals surface area contributed by atoms with E-state index >= 15 is 0 Å². The number of ether oxygens (including phenoxy) is 1. The number of benzene rings is 2. The number of halogens is 2. The first-order chi connectivity index (χ1) is 9.52. The molecule has 102 valence electrons. The van der Waals surface area contributed by atoms with Gasteiger partial charge in [-0.05, 0) is 18.2 Å². The summed E-state index contributed by atoms with van der Waals surface area (Å²) < 4.78 is 18.8. The number of aldehydes is 1. The summed E-state index contributed by atoms with van der Waals surface area (Å²) in [4.78, 5) is 21.0. The number of rotatable bonds is 4. The summed E-state index contributed by atoms with van der Waals surface area (Å²) in [5, 5.41) is 11.1. The normalized spacial score (nSPS) is 10.1. The molecule has 0 radical (unpaired) electrons.